The highest BCUT2D eigenvalue weighted by Gasteiger charge is 2.24. The number of carbonyl (C=O) groups is 2. The minimum Gasteiger partial charge on any atom is -0.337 e. The Balaban J connectivity index is 1.68. The molecule has 2 amide bonds. The fraction of sp³-hybridized carbons (Fsp3) is 0.278. The molecule has 1 saturated heterocycles. The Morgan fingerprint density at radius 3 is 2.29 bits per heavy atom. The number of nitrogens with zero attached hydrogens (tertiary/aromatic N) is 3. The van der Waals surface area contributed by atoms with Crippen LogP contribution in [0.1, 0.15) is 27.1 Å². The minimum absolute atomic E-state index is 0.0736. The first-order chi connectivity index (χ1) is 11.7. The lowest BCUT2D eigenvalue weighted by molar-refractivity contribution is 0.0716. The molecule has 0 radical (unpaired) electrons. The van der Waals surface area contributed by atoms with Gasteiger partial charge in [0.25, 0.3) is 11.8 Å². The van der Waals surface area contributed by atoms with Gasteiger partial charge in [0, 0.05) is 38.6 Å². The summed E-state index contributed by atoms with van der Waals surface area (Å²) in [5.41, 5.74) is 0.607. The Hall–Kier alpha value is -2.76. The van der Waals surface area contributed by atoms with Gasteiger partial charge in [0.2, 0.25) is 0 Å². The van der Waals surface area contributed by atoms with Gasteiger partial charge in [-0.25, -0.2) is 4.39 Å². The molecule has 2 heterocycles. The summed E-state index contributed by atoms with van der Waals surface area (Å²) in [4.78, 5) is 32.3. The van der Waals surface area contributed by atoms with E-state index < -0.39 is 5.82 Å². The number of hydrogen-bond donors (Lipinski definition) is 0. The molecule has 0 atom stereocenters. The summed E-state index contributed by atoms with van der Waals surface area (Å²) < 4.78 is 13.8. The molecule has 6 heteroatoms. The van der Waals surface area contributed by atoms with Gasteiger partial charge in [0.1, 0.15) is 5.82 Å². The summed E-state index contributed by atoms with van der Waals surface area (Å²) in [5, 5.41) is 0. The number of amides is 2. The molecule has 0 saturated carbocycles. The quantitative estimate of drug-likeness (QED) is 0.850. The summed E-state index contributed by atoms with van der Waals surface area (Å²) in [6.45, 7) is 1.88. The number of rotatable bonds is 2. The zero-order chi connectivity index (χ0) is 16.9. The third-order valence-corrected chi connectivity index (χ3v) is 4.08. The van der Waals surface area contributed by atoms with Crippen molar-refractivity contribution in [1.29, 1.82) is 0 Å². The summed E-state index contributed by atoms with van der Waals surface area (Å²) in [7, 11) is 0. The van der Waals surface area contributed by atoms with Crippen molar-refractivity contribution < 1.29 is 14.0 Å². The van der Waals surface area contributed by atoms with Crippen LogP contribution in [0.2, 0.25) is 0 Å². The number of pyridine rings is 1. The van der Waals surface area contributed by atoms with Crippen molar-refractivity contribution >= 4 is 11.8 Å². The molecule has 1 aromatic carbocycles. The maximum absolute atomic E-state index is 13.8. The number of hydrogen-bond acceptors (Lipinski definition) is 3. The molecule has 1 aliphatic heterocycles. The van der Waals surface area contributed by atoms with Crippen molar-refractivity contribution in [3.8, 4) is 0 Å². The molecule has 0 spiro atoms. The first kappa shape index (κ1) is 16.1. The van der Waals surface area contributed by atoms with E-state index in [-0.39, 0.29) is 17.4 Å². The van der Waals surface area contributed by atoms with Crippen LogP contribution in [0.4, 0.5) is 4.39 Å². The number of halogens is 1. The Bertz CT molecular complexity index is 736. The van der Waals surface area contributed by atoms with E-state index in [4.69, 9.17) is 0 Å². The lowest BCUT2D eigenvalue weighted by atomic mass is 10.2. The highest BCUT2D eigenvalue weighted by Crippen LogP contribution is 2.14. The van der Waals surface area contributed by atoms with Crippen molar-refractivity contribution in [3.63, 3.8) is 0 Å². The van der Waals surface area contributed by atoms with Crippen molar-refractivity contribution in [1.82, 2.24) is 14.8 Å². The van der Waals surface area contributed by atoms with Gasteiger partial charge >= 0.3 is 0 Å². The molecule has 0 aliphatic carbocycles. The fourth-order valence-corrected chi connectivity index (χ4v) is 2.80. The normalized spacial score (nSPS) is 15.0. The smallest absolute Gasteiger partial charge is 0.256 e. The van der Waals surface area contributed by atoms with Crippen molar-refractivity contribution in [2.45, 2.75) is 6.42 Å². The van der Waals surface area contributed by atoms with Crippen LogP contribution in [-0.4, -0.2) is 52.8 Å². The second-order valence-corrected chi connectivity index (χ2v) is 5.66. The van der Waals surface area contributed by atoms with E-state index in [2.05, 4.69) is 4.98 Å². The molecule has 3 rings (SSSR count). The third-order valence-electron chi connectivity index (χ3n) is 4.08. The highest BCUT2D eigenvalue weighted by atomic mass is 19.1. The molecule has 5 nitrogen and oxygen atoms in total. The van der Waals surface area contributed by atoms with E-state index in [0.717, 1.165) is 0 Å². The lowest BCUT2D eigenvalue weighted by Gasteiger charge is -2.22. The summed E-state index contributed by atoms with van der Waals surface area (Å²) >= 11 is 0. The van der Waals surface area contributed by atoms with Crippen LogP contribution in [0.3, 0.4) is 0 Å². The molecule has 124 valence electrons. The second-order valence-electron chi connectivity index (χ2n) is 5.66. The van der Waals surface area contributed by atoms with Crippen LogP contribution >= 0.6 is 0 Å². The highest BCUT2D eigenvalue weighted by molar-refractivity contribution is 5.95. The Morgan fingerprint density at radius 2 is 1.62 bits per heavy atom. The van der Waals surface area contributed by atoms with Crippen LogP contribution in [-0.2, 0) is 0 Å². The first-order valence-electron chi connectivity index (χ1n) is 7.90. The van der Waals surface area contributed by atoms with Gasteiger partial charge in [-0.05, 0) is 30.7 Å². The van der Waals surface area contributed by atoms with E-state index in [1.165, 1.54) is 18.3 Å². The van der Waals surface area contributed by atoms with Crippen LogP contribution in [0.25, 0.3) is 0 Å². The first-order valence-corrected chi connectivity index (χ1v) is 7.90. The average molecular weight is 327 g/mol. The molecule has 1 aromatic heterocycles. The van der Waals surface area contributed by atoms with E-state index in [0.29, 0.717) is 38.2 Å². The topological polar surface area (TPSA) is 53.5 Å². The Morgan fingerprint density at radius 1 is 0.917 bits per heavy atom. The second kappa shape index (κ2) is 7.21. The molecule has 24 heavy (non-hydrogen) atoms. The van der Waals surface area contributed by atoms with Crippen molar-refractivity contribution in [2.24, 2.45) is 0 Å². The lowest BCUT2D eigenvalue weighted by Crippen LogP contribution is -2.37. The minimum atomic E-state index is -0.518. The van der Waals surface area contributed by atoms with Crippen LogP contribution in [0, 0.1) is 5.82 Å². The van der Waals surface area contributed by atoms with E-state index in [1.54, 1.807) is 40.3 Å². The number of benzene rings is 1. The van der Waals surface area contributed by atoms with Gasteiger partial charge < -0.3 is 9.80 Å². The van der Waals surface area contributed by atoms with Crippen molar-refractivity contribution in [3.05, 3.63) is 65.7 Å². The van der Waals surface area contributed by atoms with Crippen LogP contribution < -0.4 is 0 Å². The predicted octanol–water partition coefficient (Wildman–Crippen LogP) is 2.21. The summed E-state index contributed by atoms with van der Waals surface area (Å²) in [6, 6.07) is 9.42. The predicted molar refractivity (Wildman–Crippen MR) is 87.1 cm³/mol. The van der Waals surface area contributed by atoms with E-state index >= 15 is 0 Å². The van der Waals surface area contributed by atoms with E-state index in [9.17, 15) is 14.0 Å². The SMILES string of the molecule is O=C(c1cccnc1)N1CCCN(C(=O)c2ccccc2F)CC1. The average Bonchev–Trinajstić information content (AvgIpc) is 2.88. The van der Waals surface area contributed by atoms with Gasteiger partial charge in [-0.15, -0.1) is 0 Å². The number of aromatic nitrogens is 1. The van der Waals surface area contributed by atoms with Crippen LogP contribution in [0.15, 0.2) is 48.8 Å². The van der Waals surface area contributed by atoms with Gasteiger partial charge in [0.15, 0.2) is 0 Å². The fourth-order valence-electron chi connectivity index (χ4n) is 2.80. The van der Waals surface area contributed by atoms with Gasteiger partial charge in [-0.1, -0.05) is 12.1 Å². The van der Waals surface area contributed by atoms with Crippen LogP contribution in [0.5, 0.6) is 0 Å². The zero-order valence-corrected chi connectivity index (χ0v) is 13.2. The molecular formula is C18H18FN3O2. The van der Waals surface area contributed by atoms with Gasteiger partial charge in [0.05, 0.1) is 11.1 Å². The summed E-state index contributed by atoms with van der Waals surface area (Å²) in [5.74, 6) is -0.942. The molecule has 0 bridgehead atoms. The third kappa shape index (κ3) is 3.42. The monoisotopic (exact) mass is 327 g/mol. The van der Waals surface area contributed by atoms with Crippen molar-refractivity contribution in [2.75, 3.05) is 26.2 Å². The maximum atomic E-state index is 13.8. The Kier molecular flexibility index (Phi) is 4.84. The van der Waals surface area contributed by atoms with Gasteiger partial charge in [-0.2, -0.15) is 0 Å². The standard InChI is InChI=1S/C18H18FN3O2/c19-16-7-2-1-6-15(16)18(24)22-10-4-9-21(11-12-22)17(23)14-5-3-8-20-13-14/h1-3,5-8,13H,4,9-12H2. The molecule has 0 unspecified atom stereocenters. The molecule has 1 aliphatic rings. The summed E-state index contributed by atoms with van der Waals surface area (Å²) in [6.07, 6.45) is 3.82. The molecule has 0 N–H and O–H groups in total. The largest absolute Gasteiger partial charge is 0.337 e. The molecular weight excluding hydrogens is 309 g/mol. The Labute approximate surface area is 139 Å². The van der Waals surface area contributed by atoms with E-state index in [1.807, 2.05) is 0 Å². The zero-order valence-electron chi connectivity index (χ0n) is 13.2. The van der Waals surface area contributed by atoms with Gasteiger partial charge in [-0.3, -0.25) is 14.6 Å². The number of carbonyl (C=O) groups excluding carboxylic acids is 2. The molecule has 2 aromatic rings. The molecule has 1 fully saturated rings. The maximum Gasteiger partial charge on any atom is 0.256 e.